The molecule has 1 aliphatic heterocycles. The number of benzene rings is 2. The lowest BCUT2D eigenvalue weighted by atomic mass is 10.0. The highest BCUT2D eigenvalue weighted by Crippen LogP contribution is 2.29. The molecule has 0 amide bonds. The van der Waals surface area contributed by atoms with Crippen LogP contribution >= 0.6 is 15.9 Å². The zero-order valence-corrected chi connectivity index (χ0v) is 18.1. The minimum atomic E-state index is -0.942. The average molecular weight is 457 g/mol. The Morgan fingerprint density at radius 3 is 2.62 bits per heavy atom. The largest absolute Gasteiger partial charge is 0.489 e. The molecule has 2 aromatic rings. The molecular weight excluding hydrogens is 432 g/mol. The van der Waals surface area contributed by atoms with E-state index in [2.05, 4.69) is 39.1 Å². The van der Waals surface area contributed by atoms with Gasteiger partial charge in [-0.1, -0.05) is 53.2 Å². The lowest BCUT2D eigenvalue weighted by Gasteiger charge is -2.40. The van der Waals surface area contributed by atoms with Gasteiger partial charge in [0, 0.05) is 22.8 Å². The maximum Gasteiger partial charge on any atom is 0.337 e. The number of halogens is 1. The Balaban J connectivity index is 1.78. The van der Waals surface area contributed by atoms with E-state index in [1.165, 1.54) is 0 Å². The molecule has 29 heavy (non-hydrogen) atoms. The van der Waals surface area contributed by atoms with E-state index in [4.69, 9.17) is 9.84 Å². The Hall–Kier alpha value is -2.57. The molecule has 0 spiro atoms. The van der Waals surface area contributed by atoms with Gasteiger partial charge in [-0.25, -0.2) is 4.79 Å². The summed E-state index contributed by atoms with van der Waals surface area (Å²) >= 11 is 3.56. The maximum atomic E-state index is 11.2. The number of carboxylic acid groups (broad SMARTS) is 1. The highest BCUT2D eigenvalue weighted by molar-refractivity contribution is 9.10. The Kier molecular flexibility index (Phi) is 6.77. The molecular formula is C23H25BrN2O3. The molecule has 2 aromatic carbocycles. The summed E-state index contributed by atoms with van der Waals surface area (Å²) < 4.78 is 7.10. The molecule has 2 N–H and O–H groups in total. The van der Waals surface area contributed by atoms with Crippen molar-refractivity contribution in [3.05, 3.63) is 88.1 Å². The van der Waals surface area contributed by atoms with E-state index in [9.17, 15) is 4.79 Å². The van der Waals surface area contributed by atoms with Crippen LogP contribution in [0.4, 0.5) is 0 Å². The van der Waals surface area contributed by atoms with Crippen LogP contribution in [0.3, 0.4) is 0 Å². The van der Waals surface area contributed by atoms with E-state index in [1.54, 1.807) is 12.3 Å². The maximum absolute atomic E-state index is 11.2. The van der Waals surface area contributed by atoms with Crippen molar-refractivity contribution in [3.63, 3.8) is 0 Å². The lowest BCUT2D eigenvalue weighted by molar-refractivity contribution is -0.132. The molecule has 1 aliphatic rings. The molecule has 0 saturated carbocycles. The van der Waals surface area contributed by atoms with Gasteiger partial charge in [-0.3, -0.25) is 4.90 Å². The summed E-state index contributed by atoms with van der Waals surface area (Å²) in [6, 6.07) is 16.1. The number of aliphatic carboxylic acids is 1. The number of carboxylic acids is 1. The monoisotopic (exact) mass is 456 g/mol. The molecule has 0 saturated heterocycles. The minimum Gasteiger partial charge on any atom is -0.489 e. The van der Waals surface area contributed by atoms with Gasteiger partial charge in [0.25, 0.3) is 0 Å². The molecule has 0 aliphatic carbocycles. The van der Waals surface area contributed by atoms with E-state index in [-0.39, 0.29) is 5.57 Å². The van der Waals surface area contributed by atoms with Gasteiger partial charge in [0.2, 0.25) is 0 Å². The molecule has 6 heteroatoms. The summed E-state index contributed by atoms with van der Waals surface area (Å²) in [6.07, 6.45) is 5.09. The molecule has 1 unspecified atom stereocenters. The number of carbonyl (C=O) groups is 1. The van der Waals surface area contributed by atoms with E-state index in [0.29, 0.717) is 13.2 Å². The van der Waals surface area contributed by atoms with Gasteiger partial charge in [-0.15, -0.1) is 0 Å². The fourth-order valence-corrected chi connectivity index (χ4v) is 3.67. The number of ether oxygens (including phenoxy) is 1. The SMILES string of the molecule is CCN(Cc1cc(Br)ccc1OCc1ccccc1)C1(C)C=CC(C(=O)O)=CN1. The van der Waals surface area contributed by atoms with E-state index in [0.717, 1.165) is 27.9 Å². The molecule has 0 aromatic heterocycles. The molecule has 0 bridgehead atoms. The zero-order chi connectivity index (χ0) is 20.9. The number of hydrogen-bond acceptors (Lipinski definition) is 4. The Morgan fingerprint density at radius 1 is 1.24 bits per heavy atom. The minimum absolute atomic E-state index is 0.243. The third kappa shape index (κ3) is 5.28. The van der Waals surface area contributed by atoms with Gasteiger partial charge in [0.15, 0.2) is 0 Å². The highest BCUT2D eigenvalue weighted by Gasteiger charge is 2.30. The van der Waals surface area contributed by atoms with Crippen LogP contribution in [0, 0.1) is 0 Å². The predicted molar refractivity (Wildman–Crippen MR) is 117 cm³/mol. The van der Waals surface area contributed by atoms with Gasteiger partial charge in [0.05, 0.1) is 5.57 Å². The van der Waals surface area contributed by atoms with Crippen molar-refractivity contribution in [1.29, 1.82) is 0 Å². The summed E-state index contributed by atoms with van der Waals surface area (Å²) in [7, 11) is 0. The van der Waals surface area contributed by atoms with Gasteiger partial charge >= 0.3 is 5.97 Å². The second-order valence-electron chi connectivity index (χ2n) is 7.07. The Morgan fingerprint density at radius 2 is 2.00 bits per heavy atom. The third-order valence-corrected chi connectivity index (χ3v) is 5.51. The summed E-state index contributed by atoms with van der Waals surface area (Å²) in [4.78, 5) is 13.4. The van der Waals surface area contributed by atoms with Crippen molar-refractivity contribution >= 4 is 21.9 Å². The first-order valence-electron chi connectivity index (χ1n) is 9.52. The zero-order valence-electron chi connectivity index (χ0n) is 16.6. The first-order valence-corrected chi connectivity index (χ1v) is 10.3. The predicted octanol–water partition coefficient (Wildman–Crippen LogP) is 4.69. The quantitative estimate of drug-likeness (QED) is 0.602. The first-order chi connectivity index (χ1) is 13.9. The van der Waals surface area contributed by atoms with Crippen LogP contribution in [0.5, 0.6) is 5.75 Å². The summed E-state index contributed by atoms with van der Waals surface area (Å²) in [5, 5.41) is 12.4. The fourth-order valence-electron chi connectivity index (χ4n) is 3.26. The van der Waals surface area contributed by atoms with Crippen LogP contribution < -0.4 is 10.1 Å². The van der Waals surface area contributed by atoms with E-state index < -0.39 is 11.6 Å². The summed E-state index contributed by atoms with van der Waals surface area (Å²) in [6.45, 7) is 6.03. The number of likely N-dealkylation sites (N-methyl/N-ethyl adjacent to an activating group) is 1. The standard InChI is InChI=1S/C23H25BrN2O3/c1-3-26(23(2)12-11-18(14-25-23)22(27)28)15-19-13-20(24)9-10-21(19)29-16-17-7-5-4-6-8-17/h4-14,25H,3,15-16H2,1-2H3,(H,27,28). The smallest absolute Gasteiger partial charge is 0.337 e. The first kappa shape index (κ1) is 21.1. The molecule has 5 nitrogen and oxygen atoms in total. The second kappa shape index (κ2) is 9.29. The lowest BCUT2D eigenvalue weighted by Crippen LogP contribution is -2.54. The average Bonchev–Trinajstić information content (AvgIpc) is 2.72. The van der Waals surface area contributed by atoms with Crippen molar-refractivity contribution in [2.45, 2.75) is 32.7 Å². The van der Waals surface area contributed by atoms with Crippen molar-refractivity contribution in [1.82, 2.24) is 10.2 Å². The van der Waals surface area contributed by atoms with Crippen molar-refractivity contribution in [3.8, 4) is 5.75 Å². The number of rotatable bonds is 8. The van der Waals surface area contributed by atoms with Gasteiger partial charge < -0.3 is 15.2 Å². The van der Waals surface area contributed by atoms with Crippen LogP contribution in [0.25, 0.3) is 0 Å². The fraction of sp³-hybridized carbons (Fsp3) is 0.261. The van der Waals surface area contributed by atoms with Crippen LogP contribution in [0.15, 0.2) is 76.9 Å². The molecule has 0 fully saturated rings. The topological polar surface area (TPSA) is 61.8 Å². The number of hydrogen-bond donors (Lipinski definition) is 2. The normalized spacial score (nSPS) is 18.3. The Labute approximate surface area is 179 Å². The van der Waals surface area contributed by atoms with Gasteiger partial charge in [0.1, 0.15) is 18.0 Å². The Bertz CT molecular complexity index is 927. The van der Waals surface area contributed by atoms with Crippen LogP contribution in [0.1, 0.15) is 25.0 Å². The molecule has 0 radical (unpaired) electrons. The molecule has 152 valence electrons. The van der Waals surface area contributed by atoms with Crippen molar-refractivity contribution < 1.29 is 14.6 Å². The second-order valence-corrected chi connectivity index (χ2v) is 7.99. The summed E-state index contributed by atoms with van der Waals surface area (Å²) in [5.41, 5.74) is 1.92. The van der Waals surface area contributed by atoms with Crippen LogP contribution in [-0.2, 0) is 17.9 Å². The molecule has 1 atom stereocenters. The molecule has 1 heterocycles. The summed E-state index contributed by atoms with van der Waals surface area (Å²) in [5.74, 6) is -0.108. The van der Waals surface area contributed by atoms with Crippen LogP contribution in [-0.4, -0.2) is 28.2 Å². The number of nitrogens with one attached hydrogen (secondary N) is 1. The van der Waals surface area contributed by atoms with Gasteiger partial charge in [-0.05, 0) is 49.4 Å². The highest BCUT2D eigenvalue weighted by atomic mass is 79.9. The third-order valence-electron chi connectivity index (χ3n) is 5.01. The van der Waals surface area contributed by atoms with Crippen LogP contribution in [0.2, 0.25) is 0 Å². The van der Waals surface area contributed by atoms with E-state index in [1.807, 2.05) is 55.5 Å². The molecule has 3 rings (SSSR count). The van der Waals surface area contributed by atoms with Gasteiger partial charge in [-0.2, -0.15) is 0 Å². The number of dihydropyridines is 1. The van der Waals surface area contributed by atoms with Crippen molar-refractivity contribution in [2.24, 2.45) is 0 Å². The van der Waals surface area contributed by atoms with Crippen molar-refractivity contribution in [2.75, 3.05) is 6.54 Å². The van der Waals surface area contributed by atoms with E-state index >= 15 is 0 Å². The number of nitrogens with zero attached hydrogens (tertiary/aromatic N) is 1.